The molecule has 1 amide bonds. The number of para-hydroxylation sites is 1. The maximum Gasteiger partial charge on any atom is 0.225 e. The molecule has 1 N–H and O–H groups in total. The second-order valence-electron chi connectivity index (χ2n) is 10.9. The van der Waals surface area contributed by atoms with Gasteiger partial charge in [0.1, 0.15) is 11.3 Å². The number of hydrogen-bond acceptors (Lipinski definition) is 2. The number of halogens is 1. The van der Waals surface area contributed by atoms with Gasteiger partial charge in [-0.2, -0.15) is 0 Å². The molecule has 1 aromatic carbocycles. The lowest BCUT2D eigenvalue weighted by atomic mass is 9.90. The smallest absolute Gasteiger partial charge is 0.225 e. The number of nitrogens with one attached hydrogen (secondary N) is 1. The Morgan fingerprint density at radius 3 is 2.21 bits per heavy atom. The van der Waals surface area contributed by atoms with Crippen molar-refractivity contribution in [1.82, 2.24) is 5.32 Å². The molecule has 0 bridgehead atoms. The Kier molecular flexibility index (Phi) is 14.2. The van der Waals surface area contributed by atoms with Gasteiger partial charge in [-0.05, 0) is 18.9 Å². The number of amides is 1. The molecule has 1 unspecified atom stereocenters. The van der Waals surface area contributed by atoms with Gasteiger partial charge in [-0.15, -0.1) is 0 Å². The zero-order valence-corrected chi connectivity index (χ0v) is 24.6. The van der Waals surface area contributed by atoms with Crippen LogP contribution >= 0.6 is 11.6 Å². The minimum absolute atomic E-state index is 0.0380. The molecular weight excluding hydrogens is 504 g/mol. The van der Waals surface area contributed by atoms with Crippen molar-refractivity contribution in [3.05, 3.63) is 83.7 Å². The topological polar surface area (TPSA) is 42.2 Å². The van der Waals surface area contributed by atoms with E-state index in [9.17, 15) is 4.79 Å². The highest BCUT2D eigenvalue weighted by atomic mass is 35.5. The predicted molar refractivity (Wildman–Crippen MR) is 162 cm³/mol. The number of nitrogens with zero attached hydrogens (tertiary/aromatic N) is 1. The first-order chi connectivity index (χ1) is 19.1. The first kappa shape index (κ1) is 30.9. The third kappa shape index (κ3) is 11.6. The number of allylic oxidation sites excluding steroid dienone is 2. The van der Waals surface area contributed by atoms with Crippen LogP contribution in [0.2, 0.25) is 5.02 Å². The van der Waals surface area contributed by atoms with E-state index in [1.54, 1.807) is 0 Å². The molecule has 0 saturated carbocycles. The standard InChI is InChI=1S/C34H47ClN2O2/c1-2-3-4-5-6-7-8-9-10-11-12-19-27-39-33-30(21-20-22-31(33)35)28-32(38)36-34(23-15-13-16-24-34)29-37-25-17-14-18-26-37/h13-18,20-23,25-26H,2-12,19,24,27-29H2,1H3/p+1. The number of aromatic nitrogens is 1. The van der Waals surface area contributed by atoms with Crippen LogP contribution in [-0.2, 0) is 17.8 Å². The zero-order valence-electron chi connectivity index (χ0n) is 23.9. The van der Waals surface area contributed by atoms with E-state index in [-0.39, 0.29) is 12.3 Å². The Hall–Kier alpha value is -2.59. The van der Waals surface area contributed by atoms with Crippen LogP contribution in [0.25, 0.3) is 0 Å². The number of rotatable bonds is 19. The maximum absolute atomic E-state index is 13.3. The molecule has 212 valence electrons. The summed E-state index contributed by atoms with van der Waals surface area (Å²) in [5.74, 6) is 0.604. The van der Waals surface area contributed by atoms with Gasteiger partial charge in [0.15, 0.2) is 18.9 Å². The van der Waals surface area contributed by atoms with Gasteiger partial charge in [-0.3, -0.25) is 4.79 Å². The van der Waals surface area contributed by atoms with Crippen LogP contribution in [0.4, 0.5) is 0 Å². The Bertz CT molecular complexity index is 1040. The van der Waals surface area contributed by atoms with E-state index >= 15 is 0 Å². The third-order valence-corrected chi connectivity index (χ3v) is 7.72. The Labute approximate surface area is 241 Å². The van der Waals surface area contributed by atoms with E-state index in [2.05, 4.69) is 29.0 Å². The fourth-order valence-electron chi connectivity index (χ4n) is 5.25. The fourth-order valence-corrected chi connectivity index (χ4v) is 5.49. The average Bonchev–Trinajstić information content (AvgIpc) is 2.93. The van der Waals surface area contributed by atoms with E-state index in [1.807, 2.05) is 60.9 Å². The lowest BCUT2D eigenvalue weighted by molar-refractivity contribution is -0.703. The molecule has 1 heterocycles. The molecular formula is C34H48ClN2O2+. The predicted octanol–water partition coefficient (Wildman–Crippen LogP) is 8.32. The Morgan fingerprint density at radius 1 is 0.897 bits per heavy atom. The van der Waals surface area contributed by atoms with Crippen molar-refractivity contribution in [2.75, 3.05) is 6.61 Å². The highest BCUT2D eigenvalue weighted by Crippen LogP contribution is 2.30. The summed E-state index contributed by atoms with van der Waals surface area (Å²) in [6, 6.07) is 11.7. The minimum Gasteiger partial charge on any atom is -0.492 e. The molecule has 1 atom stereocenters. The van der Waals surface area contributed by atoms with Crippen LogP contribution in [0.3, 0.4) is 0 Å². The quantitative estimate of drug-likeness (QED) is 0.141. The first-order valence-electron chi connectivity index (χ1n) is 15.1. The molecule has 0 aliphatic heterocycles. The van der Waals surface area contributed by atoms with Gasteiger partial charge in [-0.25, -0.2) is 4.57 Å². The molecule has 3 rings (SSSR count). The number of hydrogen-bond donors (Lipinski definition) is 1. The molecule has 0 spiro atoms. The maximum atomic E-state index is 13.3. The second kappa shape index (κ2) is 17.9. The number of carbonyl (C=O) groups is 1. The molecule has 2 aromatic rings. The van der Waals surface area contributed by atoms with Crippen LogP contribution in [0.1, 0.15) is 96.0 Å². The molecule has 1 aliphatic carbocycles. The van der Waals surface area contributed by atoms with Crippen molar-refractivity contribution in [2.45, 2.75) is 109 Å². The number of pyridine rings is 1. The van der Waals surface area contributed by atoms with Crippen LogP contribution in [0.15, 0.2) is 73.1 Å². The van der Waals surface area contributed by atoms with Crippen molar-refractivity contribution in [3.8, 4) is 5.75 Å². The molecule has 1 aromatic heterocycles. The van der Waals surface area contributed by atoms with Gasteiger partial charge >= 0.3 is 0 Å². The zero-order chi connectivity index (χ0) is 27.6. The molecule has 0 saturated heterocycles. The molecule has 5 heteroatoms. The lowest BCUT2D eigenvalue weighted by Gasteiger charge is -2.29. The third-order valence-electron chi connectivity index (χ3n) is 7.42. The van der Waals surface area contributed by atoms with E-state index in [1.165, 1.54) is 64.2 Å². The van der Waals surface area contributed by atoms with Gasteiger partial charge in [0, 0.05) is 17.7 Å². The summed E-state index contributed by atoms with van der Waals surface area (Å²) in [6.07, 6.45) is 29.0. The summed E-state index contributed by atoms with van der Waals surface area (Å²) in [7, 11) is 0. The Morgan fingerprint density at radius 2 is 1.56 bits per heavy atom. The van der Waals surface area contributed by atoms with Gasteiger partial charge in [0.25, 0.3) is 0 Å². The summed E-state index contributed by atoms with van der Waals surface area (Å²) >= 11 is 6.51. The molecule has 0 fully saturated rings. The lowest BCUT2D eigenvalue weighted by Crippen LogP contribution is -2.57. The molecule has 0 radical (unpaired) electrons. The molecule has 39 heavy (non-hydrogen) atoms. The number of benzene rings is 1. The molecule has 1 aliphatic rings. The highest BCUT2D eigenvalue weighted by molar-refractivity contribution is 6.32. The van der Waals surface area contributed by atoms with Crippen molar-refractivity contribution in [1.29, 1.82) is 0 Å². The SMILES string of the molecule is CCCCCCCCCCCCCCOc1c(Cl)cccc1CC(=O)NC1(C[n+]2ccccc2)C=CC=CC1. The first-order valence-corrected chi connectivity index (χ1v) is 15.5. The largest absolute Gasteiger partial charge is 0.492 e. The van der Waals surface area contributed by atoms with Crippen LogP contribution in [-0.4, -0.2) is 18.1 Å². The average molecular weight is 552 g/mol. The van der Waals surface area contributed by atoms with E-state index < -0.39 is 5.54 Å². The van der Waals surface area contributed by atoms with Gasteiger partial charge < -0.3 is 10.1 Å². The summed E-state index contributed by atoms with van der Waals surface area (Å²) in [5.41, 5.74) is 0.365. The summed E-state index contributed by atoms with van der Waals surface area (Å²) in [5, 5.41) is 3.86. The van der Waals surface area contributed by atoms with Crippen LogP contribution in [0.5, 0.6) is 5.75 Å². The van der Waals surface area contributed by atoms with Crippen LogP contribution < -0.4 is 14.6 Å². The normalized spacial score (nSPS) is 16.4. The number of ether oxygens (including phenoxy) is 1. The highest BCUT2D eigenvalue weighted by Gasteiger charge is 2.33. The van der Waals surface area contributed by atoms with Crippen molar-refractivity contribution < 1.29 is 14.1 Å². The Balaban J connectivity index is 1.41. The number of carbonyl (C=O) groups excluding carboxylic acids is 1. The van der Waals surface area contributed by atoms with Crippen molar-refractivity contribution >= 4 is 17.5 Å². The fraction of sp³-hybridized carbons (Fsp3) is 0.529. The summed E-state index contributed by atoms with van der Waals surface area (Å²) in [6.45, 7) is 3.56. The second-order valence-corrected chi connectivity index (χ2v) is 11.3. The minimum atomic E-state index is -0.466. The van der Waals surface area contributed by atoms with E-state index in [4.69, 9.17) is 16.3 Å². The van der Waals surface area contributed by atoms with Crippen LogP contribution in [0, 0.1) is 0 Å². The monoisotopic (exact) mass is 551 g/mol. The summed E-state index contributed by atoms with van der Waals surface area (Å²) < 4.78 is 8.23. The molecule has 4 nitrogen and oxygen atoms in total. The van der Waals surface area contributed by atoms with Crippen molar-refractivity contribution in [3.63, 3.8) is 0 Å². The van der Waals surface area contributed by atoms with E-state index in [0.717, 1.165) is 24.8 Å². The number of unbranched alkanes of at least 4 members (excludes halogenated alkanes) is 11. The van der Waals surface area contributed by atoms with Crippen molar-refractivity contribution in [2.24, 2.45) is 0 Å². The van der Waals surface area contributed by atoms with Gasteiger partial charge in [-0.1, -0.05) is 132 Å². The summed E-state index contributed by atoms with van der Waals surface area (Å²) in [4.78, 5) is 13.3. The van der Waals surface area contributed by atoms with Gasteiger partial charge in [0.2, 0.25) is 5.91 Å². The van der Waals surface area contributed by atoms with Gasteiger partial charge in [0.05, 0.1) is 18.1 Å². The van der Waals surface area contributed by atoms with E-state index in [0.29, 0.717) is 23.9 Å².